The molecule has 0 bridgehead atoms. The molecule has 0 spiro atoms. The third kappa shape index (κ3) is 2.97. The minimum absolute atomic E-state index is 0.0276. The Balaban J connectivity index is 1.61. The molecular formula is C15H24OS. The van der Waals surface area contributed by atoms with Crippen LogP contribution >= 0.6 is 11.8 Å². The third-order valence-corrected chi connectivity index (χ3v) is 5.40. The lowest BCUT2D eigenvalue weighted by atomic mass is 9.91. The Kier molecular flexibility index (Phi) is 4.04. The van der Waals surface area contributed by atoms with Crippen molar-refractivity contribution in [1.29, 1.82) is 0 Å². The van der Waals surface area contributed by atoms with E-state index in [-0.39, 0.29) is 4.75 Å². The molecule has 96 valence electrons. The van der Waals surface area contributed by atoms with Crippen LogP contribution in [0.25, 0.3) is 0 Å². The highest BCUT2D eigenvalue weighted by molar-refractivity contribution is 8.09. The van der Waals surface area contributed by atoms with Crippen molar-refractivity contribution in [2.45, 2.75) is 62.1 Å². The molecule has 1 fully saturated rings. The number of aliphatic hydroxyl groups is 1. The highest BCUT2D eigenvalue weighted by Gasteiger charge is 2.65. The van der Waals surface area contributed by atoms with Crippen LogP contribution in [0.2, 0.25) is 0 Å². The molecule has 0 aromatic carbocycles. The first kappa shape index (κ1) is 13.2. The van der Waals surface area contributed by atoms with Gasteiger partial charge in [0.05, 0.1) is 4.75 Å². The largest absolute Gasteiger partial charge is 0.374 e. The van der Waals surface area contributed by atoms with Crippen LogP contribution in [0, 0.1) is 5.92 Å². The highest BCUT2D eigenvalue weighted by atomic mass is 32.2. The molecule has 1 nitrogen and oxygen atoms in total. The molecule has 0 saturated carbocycles. The second-order valence-electron chi connectivity index (χ2n) is 5.75. The highest BCUT2D eigenvalue weighted by Crippen LogP contribution is 2.67. The van der Waals surface area contributed by atoms with Crippen LogP contribution in [0.4, 0.5) is 0 Å². The van der Waals surface area contributed by atoms with E-state index in [0.29, 0.717) is 0 Å². The van der Waals surface area contributed by atoms with Gasteiger partial charge in [0, 0.05) is 0 Å². The zero-order chi connectivity index (χ0) is 12.4. The van der Waals surface area contributed by atoms with E-state index in [9.17, 15) is 5.11 Å². The van der Waals surface area contributed by atoms with Gasteiger partial charge in [0.25, 0.3) is 0 Å². The summed E-state index contributed by atoms with van der Waals surface area (Å²) < 4.78 is 0.0276. The Morgan fingerprint density at radius 1 is 1.06 bits per heavy atom. The minimum Gasteiger partial charge on any atom is -0.374 e. The average molecular weight is 252 g/mol. The average Bonchev–Trinajstić information content (AvgIpc) is 2.89. The number of hydrogen-bond acceptors (Lipinski definition) is 2. The Bertz CT molecular complexity index is 321. The molecule has 2 aliphatic rings. The van der Waals surface area contributed by atoms with Gasteiger partial charge in [-0.2, -0.15) is 0 Å². The summed E-state index contributed by atoms with van der Waals surface area (Å²) >= 11 is 1.70. The molecule has 0 radical (unpaired) electrons. The van der Waals surface area contributed by atoms with E-state index in [2.05, 4.69) is 26.0 Å². The lowest BCUT2D eigenvalue weighted by Crippen LogP contribution is -2.23. The second-order valence-corrected chi connectivity index (χ2v) is 7.31. The topological polar surface area (TPSA) is 20.2 Å². The molecule has 2 rings (SSSR count). The van der Waals surface area contributed by atoms with Gasteiger partial charge in [-0.15, -0.1) is 11.8 Å². The lowest BCUT2D eigenvalue weighted by Gasteiger charge is -2.15. The first-order valence-electron chi connectivity index (χ1n) is 6.88. The second kappa shape index (κ2) is 5.19. The Labute approximate surface area is 109 Å². The van der Waals surface area contributed by atoms with Gasteiger partial charge in [-0.05, 0) is 18.4 Å². The summed E-state index contributed by atoms with van der Waals surface area (Å²) in [5.74, 6) is 0.837. The Hall–Kier alpha value is -0.210. The van der Waals surface area contributed by atoms with E-state index in [1.165, 1.54) is 32.1 Å². The van der Waals surface area contributed by atoms with Crippen LogP contribution in [0.1, 0.15) is 52.4 Å². The van der Waals surface area contributed by atoms with E-state index >= 15 is 0 Å². The smallest absolute Gasteiger partial charge is 0.148 e. The van der Waals surface area contributed by atoms with Crippen LogP contribution in [0.3, 0.4) is 0 Å². The monoisotopic (exact) mass is 252 g/mol. The van der Waals surface area contributed by atoms with Gasteiger partial charge in [0.1, 0.15) is 4.93 Å². The standard InChI is InChI=1S/C15H24OS/c1-13(2)9-5-3-4-6-10-14-11-7-8-12-15(14,16)17-14/h7-8,11-13,16H,3-6,9-10H2,1-2H3. The number of rotatable bonds is 7. The fourth-order valence-corrected chi connectivity index (χ4v) is 3.87. The number of thioether (sulfide) groups is 1. The normalized spacial score (nSPS) is 34.1. The molecule has 0 aromatic rings. The summed E-state index contributed by atoms with van der Waals surface area (Å²) in [6.07, 6.45) is 15.9. The van der Waals surface area contributed by atoms with Crippen molar-refractivity contribution in [3.8, 4) is 0 Å². The first-order valence-corrected chi connectivity index (χ1v) is 7.69. The summed E-state index contributed by atoms with van der Waals surface area (Å²) in [5, 5.41) is 10.2. The van der Waals surface area contributed by atoms with Crippen LogP contribution in [-0.4, -0.2) is 14.8 Å². The SMILES string of the molecule is CC(C)CCCCCCC12C=CC=CC1(O)S2. The van der Waals surface area contributed by atoms with E-state index in [1.807, 2.05) is 12.2 Å². The summed E-state index contributed by atoms with van der Waals surface area (Å²) in [6, 6.07) is 0. The molecule has 0 amide bonds. The molecule has 1 aliphatic heterocycles. The van der Waals surface area contributed by atoms with Gasteiger partial charge in [0.15, 0.2) is 0 Å². The van der Waals surface area contributed by atoms with E-state index in [4.69, 9.17) is 0 Å². The molecule has 1 saturated heterocycles. The van der Waals surface area contributed by atoms with Crippen LogP contribution in [0.5, 0.6) is 0 Å². The van der Waals surface area contributed by atoms with Gasteiger partial charge in [-0.1, -0.05) is 64.2 Å². The summed E-state index contributed by atoms with van der Waals surface area (Å²) in [4.78, 5) is -0.570. The first-order chi connectivity index (χ1) is 8.08. The molecule has 2 heteroatoms. The van der Waals surface area contributed by atoms with E-state index < -0.39 is 4.93 Å². The summed E-state index contributed by atoms with van der Waals surface area (Å²) in [7, 11) is 0. The fraction of sp³-hybridized carbons (Fsp3) is 0.733. The predicted molar refractivity (Wildman–Crippen MR) is 76.1 cm³/mol. The van der Waals surface area contributed by atoms with Gasteiger partial charge in [-0.25, -0.2) is 0 Å². The minimum atomic E-state index is -0.570. The quantitative estimate of drug-likeness (QED) is 0.539. The number of allylic oxidation sites excluding steroid dienone is 2. The zero-order valence-electron chi connectivity index (χ0n) is 11.0. The fourth-order valence-electron chi connectivity index (χ4n) is 2.58. The molecule has 2 unspecified atom stereocenters. The van der Waals surface area contributed by atoms with Crippen molar-refractivity contribution >= 4 is 11.8 Å². The Morgan fingerprint density at radius 3 is 2.47 bits per heavy atom. The maximum atomic E-state index is 10.2. The van der Waals surface area contributed by atoms with E-state index in [0.717, 1.165) is 12.3 Å². The van der Waals surface area contributed by atoms with Crippen LogP contribution in [-0.2, 0) is 0 Å². The van der Waals surface area contributed by atoms with E-state index in [1.54, 1.807) is 11.8 Å². The van der Waals surface area contributed by atoms with Crippen molar-refractivity contribution < 1.29 is 5.11 Å². The number of unbranched alkanes of at least 4 members (excludes halogenated alkanes) is 3. The molecule has 1 N–H and O–H groups in total. The van der Waals surface area contributed by atoms with Crippen LogP contribution < -0.4 is 0 Å². The van der Waals surface area contributed by atoms with Crippen molar-refractivity contribution in [3.63, 3.8) is 0 Å². The Morgan fingerprint density at radius 2 is 1.76 bits per heavy atom. The molecule has 1 aliphatic carbocycles. The molecule has 2 atom stereocenters. The van der Waals surface area contributed by atoms with Gasteiger partial charge in [-0.3, -0.25) is 0 Å². The number of hydrogen-bond donors (Lipinski definition) is 1. The maximum Gasteiger partial charge on any atom is 0.148 e. The zero-order valence-corrected chi connectivity index (χ0v) is 11.8. The summed E-state index contributed by atoms with van der Waals surface area (Å²) in [5.41, 5.74) is 0. The molecule has 17 heavy (non-hydrogen) atoms. The predicted octanol–water partition coefficient (Wildman–Crippen LogP) is 4.28. The third-order valence-electron chi connectivity index (χ3n) is 3.78. The molecule has 1 heterocycles. The van der Waals surface area contributed by atoms with Crippen molar-refractivity contribution in [1.82, 2.24) is 0 Å². The van der Waals surface area contributed by atoms with Gasteiger partial charge in [0.2, 0.25) is 0 Å². The van der Waals surface area contributed by atoms with Gasteiger partial charge < -0.3 is 5.11 Å². The molecule has 0 aromatic heterocycles. The maximum absolute atomic E-state index is 10.2. The number of fused-ring (bicyclic) bond motifs is 1. The van der Waals surface area contributed by atoms with Crippen LogP contribution in [0.15, 0.2) is 24.3 Å². The van der Waals surface area contributed by atoms with Gasteiger partial charge >= 0.3 is 0 Å². The van der Waals surface area contributed by atoms with Crippen molar-refractivity contribution in [3.05, 3.63) is 24.3 Å². The molecular weight excluding hydrogens is 228 g/mol. The summed E-state index contributed by atoms with van der Waals surface area (Å²) in [6.45, 7) is 4.58. The van der Waals surface area contributed by atoms with Crippen molar-refractivity contribution in [2.75, 3.05) is 0 Å². The lowest BCUT2D eigenvalue weighted by molar-refractivity contribution is 0.193. The van der Waals surface area contributed by atoms with Crippen molar-refractivity contribution in [2.24, 2.45) is 5.92 Å².